The van der Waals surface area contributed by atoms with Crippen molar-refractivity contribution in [3.05, 3.63) is 21.9 Å². The fraction of sp³-hybridized carbons (Fsp3) is 0.667. The summed E-state index contributed by atoms with van der Waals surface area (Å²) in [5.41, 5.74) is 0.764. The van der Waals surface area contributed by atoms with Crippen molar-refractivity contribution in [2.75, 3.05) is 19.8 Å². The number of ether oxygens (including phenoxy) is 1. The summed E-state index contributed by atoms with van der Waals surface area (Å²) >= 11 is 1.77. The van der Waals surface area contributed by atoms with E-state index >= 15 is 0 Å². The third-order valence-electron chi connectivity index (χ3n) is 3.13. The van der Waals surface area contributed by atoms with E-state index in [0.29, 0.717) is 19.8 Å². The predicted molar refractivity (Wildman–Crippen MR) is 65.8 cm³/mol. The van der Waals surface area contributed by atoms with Crippen LogP contribution in [0.4, 0.5) is 0 Å². The fourth-order valence-corrected chi connectivity index (χ4v) is 2.80. The lowest BCUT2D eigenvalue weighted by atomic mass is 9.94. The zero-order valence-electron chi connectivity index (χ0n) is 9.66. The molecule has 2 heterocycles. The Balaban J connectivity index is 1.77. The van der Waals surface area contributed by atoms with Gasteiger partial charge in [0.15, 0.2) is 0 Å². The molecule has 1 aromatic heterocycles. The Bertz CT molecular complexity index is 332. The highest BCUT2D eigenvalue weighted by atomic mass is 32.1. The van der Waals surface area contributed by atoms with Gasteiger partial charge in [-0.25, -0.2) is 0 Å². The molecule has 2 N–H and O–H groups in total. The first-order valence-corrected chi connectivity index (χ1v) is 6.61. The van der Waals surface area contributed by atoms with E-state index in [2.05, 4.69) is 23.7 Å². The molecule has 1 aliphatic heterocycles. The SMILES string of the molecule is Cc1ccsc1CNCC1(O)CCOCC1. The van der Waals surface area contributed by atoms with Gasteiger partial charge in [-0.2, -0.15) is 0 Å². The molecule has 1 aromatic rings. The number of hydrogen-bond donors (Lipinski definition) is 2. The summed E-state index contributed by atoms with van der Waals surface area (Å²) < 4.78 is 5.25. The summed E-state index contributed by atoms with van der Waals surface area (Å²) in [5, 5.41) is 15.7. The molecule has 1 saturated heterocycles. The van der Waals surface area contributed by atoms with E-state index in [1.54, 1.807) is 11.3 Å². The zero-order chi connectivity index (χ0) is 11.4. The van der Waals surface area contributed by atoms with Crippen LogP contribution in [-0.4, -0.2) is 30.5 Å². The first kappa shape index (κ1) is 12.0. The maximum absolute atomic E-state index is 10.2. The second-order valence-electron chi connectivity index (χ2n) is 4.47. The molecule has 0 radical (unpaired) electrons. The lowest BCUT2D eigenvalue weighted by Crippen LogP contribution is -2.44. The van der Waals surface area contributed by atoms with Crippen molar-refractivity contribution < 1.29 is 9.84 Å². The lowest BCUT2D eigenvalue weighted by molar-refractivity contribution is -0.0616. The third kappa shape index (κ3) is 3.04. The number of hydrogen-bond acceptors (Lipinski definition) is 4. The Hall–Kier alpha value is -0.420. The van der Waals surface area contributed by atoms with E-state index in [1.807, 2.05) is 0 Å². The molecular formula is C12H19NO2S. The van der Waals surface area contributed by atoms with E-state index < -0.39 is 5.60 Å². The van der Waals surface area contributed by atoms with E-state index in [1.165, 1.54) is 10.4 Å². The van der Waals surface area contributed by atoms with Crippen LogP contribution in [0.25, 0.3) is 0 Å². The second kappa shape index (κ2) is 5.27. The summed E-state index contributed by atoms with van der Waals surface area (Å²) in [6.45, 7) is 4.99. The van der Waals surface area contributed by atoms with Gasteiger partial charge in [-0.1, -0.05) is 0 Å². The highest BCUT2D eigenvalue weighted by molar-refractivity contribution is 7.10. The molecule has 3 nitrogen and oxygen atoms in total. The lowest BCUT2D eigenvalue weighted by Gasteiger charge is -2.32. The van der Waals surface area contributed by atoms with Crippen molar-refractivity contribution in [3.8, 4) is 0 Å². The van der Waals surface area contributed by atoms with E-state index in [-0.39, 0.29) is 0 Å². The van der Waals surface area contributed by atoms with Crippen LogP contribution in [0.3, 0.4) is 0 Å². The average molecular weight is 241 g/mol. The topological polar surface area (TPSA) is 41.5 Å². The van der Waals surface area contributed by atoms with Crippen LogP contribution in [0.1, 0.15) is 23.3 Å². The molecule has 0 aromatic carbocycles. The minimum absolute atomic E-state index is 0.566. The summed E-state index contributed by atoms with van der Waals surface area (Å²) in [5.74, 6) is 0. The van der Waals surface area contributed by atoms with Crippen LogP contribution in [-0.2, 0) is 11.3 Å². The molecule has 4 heteroatoms. The maximum atomic E-state index is 10.2. The van der Waals surface area contributed by atoms with Gasteiger partial charge in [0.05, 0.1) is 5.60 Å². The van der Waals surface area contributed by atoms with Crippen molar-refractivity contribution in [2.45, 2.75) is 31.9 Å². The van der Waals surface area contributed by atoms with Gasteiger partial charge in [0.2, 0.25) is 0 Å². The van der Waals surface area contributed by atoms with Gasteiger partial charge in [-0.3, -0.25) is 0 Å². The van der Waals surface area contributed by atoms with Crippen molar-refractivity contribution in [2.24, 2.45) is 0 Å². The Kier molecular flexibility index (Phi) is 3.97. The fourth-order valence-electron chi connectivity index (χ4n) is 1.92. The molecule has 90 valence electrons. The van der Waals surface area contributed by atoms with Crippen LogP contribution in [0.15, 0.2) is 11.4 Å². The molecule has 2 rings (SSSR count). The Morgan fingerprint density at radius 2 is 2.25 bits per heavy atom. The van der Waals surface area contributed by atoms with Crippen molar-refractivity contribution in [1.29, 1.82) is 0 Å². The van der Waals surface area contributed by atoms with E-state index in [0.717, 1.165) is 19.4 Å². The van der Waals surface area contributed by atoms with Crippen LogP contribution in [0, 0.1) is 6.92 Å². The number of nitrogens with one attached hydrogen (secondary N) is 1. The molecule has 0 bridgehead atoms. The van der Waals surface area contributed by atoms with Crippen LogP contribution in [0.5, 0.6) is 0 Å². The standard InChI is InChI=1S/C12H19NO2S/c1-10-2-7-16-11(10)8-13-9-12(14)3-5-15-6-4-12/h2,7,13-14H,3-6,8-9H2,1H3. The van der Waals surface area contributed by atoms with Gasteiger partial charge in [-0.05, 0) is 23.9 Å². The molecule has 1 fully saturated rings. The predicted octanol–water partition coefficient (Wildman–Crippen LogP) is 1.69. The molecule has 0 spiro atoms. The van der Waals surface area contributed by atoms with Gasteiger partial charge in [-0.15, -0.1) is 11.3 Å². The Labute approximate surface area is 100 Å². The van der Waals surface area contributed by atoms with Gasteiger partial charge < -0.3 is 15.2 Å². The minimum atomic E-state index is -0.566. The molecule has 1 aliphatic rings. The number of aliphatic hydroxyl groups is 1. The molecule has 16 heavy (non-hydrogen) atoms. The van der Waals surface area contributed by atoms with E-state index in [4.69, 9.17) is 4.74 Å². The number of rotatable bonds is 4. The second-order valence-corrected chi connectivity index (χ2v) is 5.47. The molecule has 0 amide bonds. The van der Waals surface area contributed by atoms with Gasteiger partial charge in [0, 0.05) is 44.0 Å². The molecule has 0 atom stereocenters. The normalized spacial score (nSPS) is 19.9. The quantitative estimate of drug-likeness (QED) is 0.843. The third-order valence-corrected chi connectivity index (χ3v) is 4.15. The zero-order valence-corrected chi connectivity index (χ0v) is 10.5. The van der Waals surface area contributed by atoms with Crippen LogP contribution < -0.4 is 5.32 Å². The van der Waals surface area contributed by atoms with Crippen LogP contribution in [0.2, 0.25) is 0 Å². The molecular weight excluding hydrogens is 222 g/mol. The highest BCUT2D eigenvalue weighted by Crippen LogP contribution is 2.20. The minimum Gasteiger partial charge on any atom is -0.388 e. The smallest absolute Gasteiger partial charge is 0.0815 e. The Morgan fingerprint density at radius 1 is 1.50 bits per heavy atom. The first-order chi connectivity index (χ1) is 7.70. The maximum Gasteiger partial charge on any atom is 0.0815 e. The van der Waals surface area contributed by atoms with Crippen LogP contribution >= 0.6 is 11.3 Å². The number of aryl methyl sites for hydroxylation is 1. The van der Waals surface area contributed by atoms with Crippen molar-refractivity contribution >= 4 is 11.3 Å². The number of thiophene rings is 1. The van der Waals surface area contributed by atoms with Crippen molar-refractivity contribution in [1.82, 2.24) is 5.32 Å². The van der Waals surface area contributed by atoms with E-state index in [9.17, 15) is 5.11 Å². The Morgan fingerprint density at radius 3 is 2.88 bits per heavy atom. The molecule has 0 saturated carbocycles. The summed E-state index contributed by atoms with van der Waals surface area (Å²) in [6, 6.07) is 2.13. The first-order valence-electron chi connectivity index (χ1n) is 5.73. The largest absolute Gasteiger partial charge is 0.388 e. The monoisotopic (exact) mass is 241 g/mol. The van der Waals surface area contributed by atoms with Gasteiger partial charge in [0.25, 0.3) is 0 Å². The van der Waals surface area contributed by atoms with Gasteiger partial charge >= 0.3 is 0 Å². The van der Waals surface area contributed by atoms with Gasteiger partial charge in [0.1, 0.15) is 0 Å². The summed E-state index contributed by atoms with van der Waals surface area (Å²) in [6.07, 6.45) is 1.48. The summed E-state index contributed by atoms with van der Waals surface area (Å²) in [4.78, 5) is 1.36. The molecule has 0 unspecified atom stereocenters. The summed E-state index contributed by atoms with van der Waals surface area (Å²) in [7, 11) is 0. The average Bonchev–Trinajstić information content (AvgIpc) is 2.65. The molecule has 0 aliphatic carbocycles. The highest BCUT2D eigenvalue weighted by Gasteiger charge is 2.29. The van der Waals surface area contributed by atoms with Crippen molar-refractivity contribution in [3.63, 3.8) is 0 Å².